The van der Waals surface area contributed by atoms with Gasteiger partial charge in [-0.15, -0.1) is 0 Å². The van der Waals surface area contributed by atoms with Gasteiger partial charge in [0.25, 0.3) is 0 Å². The molecule has 4 saturated carbocycles. The molecule has 6 heteroatoms. The molecule has 29 heavy (non-hydrogen) atoms. The molecule has 1 heterocycles. The monoisotopic (exact) mass is 411 g/mol. The van der Waals surface area contributed by atoms with Crippen molar-refractivity contribution in [2.24, 2.45) is 29.1 Å². The molecule has 2 aromatic rings. The van der Waals surface area contributed by atoms with E-state index in [1.54, 1.807) is 0 Å². The second-order valence-corrected chi connectivity index (χ2v) is 10.9. The number of rotatable bonds is 5. The number of hydrogen-bond acceptors (Lipinski definition) is 4. The molecule has 4 bridgehead atoms. The third-order valence-electron chi connectivity index (χ3n) is 7.28. The molecule has 4 aliphatic rings. The summed E-state index contributed by atoms with van der Waals surface area (Å²) in [4.78, 5) is 30.9. The fraction of sp³-hybridized carbons (Fsp3) is 0.609. The highest BCUT2D eigenvalue weighted by Gasteiger charge is 2.55. The maximum atomic E-state index is 13.4. The lowest BCUT2D eigenvalue weighted by Gasteiger charge is -2.55. The molecule has 5 nitrogen and oxygen atoms in total. The number of thiazole rings is 1. The molecule has 6 rings (SSSR count). The summed E-state index contributed by atoms with van der Waals surface area (Å²) in [6.45, 7) is 3.98. The fourth-order valence-electron chi connectivity index (χ4n) is 6.33. The van der Waals surface area contributed by atoms with E-state index in [1.165, 1.54) is 30.6 Å². The molecule has 0 unspecified atom stereocenters. The number of carbonyl (C=O) groups excluding carboxylic acids is 2. The van der Waals surface area contributed by atoms with E-state index >= 15 is 0 Å². The van der Waals surface area contributed by atoms with E-state index in [0.717, 1.165) is 29.5 Å². The molecule has 154 valence electrons. The van der Waals surface area contributed by atoms with Gasteiger partial charge >= 0.3 is 0 Å². The minimum atomic E-state index is -0.539. The zero-order valence-corrected chi connectivity index (χ0v) is 17.9. The van der Waals surface area contributed by atoms with Crippen molar-refractivity contribution in [2.75, 3.05) is 5.32 Å². The predicted octanol–water partition coefficient (Wildman–Crippen LogP) is 4.59. The van der Waals surface area contributed by atoms with Crippen molar-refractivity contribution < 1.29 is 9.59 Å². The van der Waals surface area contributed by atoms with Crippen molar-refractivity contribution in [2.45, 2.75) is 58.4 Å². The Hall–Kier alpha value is -1.95. The smallest absolute Gasteiger partial charge is 0.248 e. The summed E-state index contributed by atoms with van der Waals surface area (Å²) in [6.07, 6.45) is 6.94. The number of nitrogens with zero attached hydrogens (tertiary/aromatic N) is 1. The molecule has 0 radical (unpaired) electrons. The van der Waals surface area contributed by atoms with Gasteiger partial charge < -0.3 is 10.6 Å². The second-order valence-electron chi connectivity index (χ2n) is 9.87. The zero-order chi connectivity index (χ0) is 20.2. The van der Waals surface area contributed by atoms with E-state index in [4.69, 9.17) is 0 Å². The van der Waals surface area contributed by atoms with Crippen LogP contribution in [0.15, 0.2) is 24.3 Å². The van der Waals surface area contributed by atoms with E-state index < -0.39 is 6.04 Å². The largest absolute Gasteiger partial charge is 0.344 e. The highest BCUT2D eigenvalue weighted by molar-refractivity contribution is 7.22. The second kappa shape index (κ2) is 7.08. The molecule has 2 N–H and O–H groups in total. The van der Waals surface area contributed by atoms with Gasteiger partial charge in [0.2, 0.25) is 11.8 Å². The third-order valence-corrected chi connectivity index (χ3v) is 8.23. The maximum Gasteiger partial charge on any atom is 0.248 e. The zero-order valence-electron chi connectivity index (χ0n) is 17.1. The Morgan fingerprint density at radius 3 is 2.28 bits per heavy atom. The summed E-state index contributed by atoms with van der Waals surface area (Å²) < 4.78 is 1.04. The Labute approximate surface area is 175 Å². The number of carbonyl (C=O) groups is 2. The number of anilines is 1. The van der Waals surface area contributed by atoms with Crippen molar-refractivity contribution in [1.29, 1.82) is 0 Å². The first-order chi connectivity index (χ1) is 13.9. The lowest BCUT2D eigenvalue weighted by atomic mass is 9.49. The first-order valence-electron chi connectivity index (χ1n) is 10.9. The molecular formula is C23H29N3O2S. The quantitative estimate of drug-likeness (QED) is 0.756. The van der Waals surface area contributed by atoms with Crippen molar-refractivity contribution in [1.82, 2.24) is 10.3 Å². The van der Waals surface area contributed by atoms with Gasteiger partial charge in [0.1, 0.15) is 6.04 Å². The lowest BCUT2D eigenvalue weighted by Crippen LogP contribution is -2.57. The van der Waals surface area contributed by atoms with Crippen LogP contribution >= 0.6 is 11.3 Å². The summed E-state index contributed by atoms with van der Waals surface area (Å²) in [5.41, 5.74) is 0.643. The van der Waals surface area contributed by atoms with Crippen LogP contribution in [-0.4, -0.2) is 22.8 Å². The van der Waals surface area contributed by atoms with E-state index in [9.17, 15) is 9.59 Å². The molecular weight excluding hydrogens is 382 g/mol. The number of amides is 2. The van der Waals surface area contributed by atoms with Crippen LogP contribution in [0.3, 0.4) is 0 Å². The maximum absolute atomic E-state index is 13.4. The van der Waals surface area contributed by atoms with E-state index in [-0.39, 0.29) is 23.1 Å². The third kappa shape index (κ3) is 3.45. The molecule has 4 fully saturated rings. The van der Waals surface area contributed by atoms with Crippen LogP contribution in [0, 0.1) is 29.1 Å². The van der Waals surface area contributed by atoms with Crippen molar-refractivity contribution in [3.05, 3.63) is 24.3 Å². The van der Waals surface area contributed by atoms with Gasteiger partial charge in [-0.05, 0) is 74.3 Å². The number of hydrogen-bond donors (Lipinski definition) is 2. The van der Waals surface area contributed by atoms with Crippen LogP contribution in [0.4, 0.5) is 5.13 Å². The highest BCUT2D eigenvalue weighted by Crippen LogP contribution is 2.60. The lowest BCUT2D eigenvalue weighted by molar-refractivity contribution is -0.148. The minimum absolute atomic E-state index is 0.0160. The highest BCUT2D eigenvalue weighted by atomic mass is 32.1. The molecule has 0 aliphatic heterocycles. The van der Waals surface area contributed by atoms with Gasteiger partial charge in [0.15, 0.2) is 5.13 Å². The molecule has 4 aliphatic carbocycles. The molecule has 0 spiro atoms. The Kier molecular flexibility index (Phi) is 4.65. The van der Waals surface area contributed by atoms with Crippen LogP contribution < -0.4 is 10.6 Å². The van der Waals surface area contributed by atoms with Crippen LogP contribution in [0.1, 0.15) is 52.4 Å². The Bertz CT molecular complexity index is 882. The molecule has 2 amide bonds. The number of benzene rings is 1. The number of fused-ring (bicyclic) bond motifs is 1. The average Bonchev–Trinajstić information content (AvgIpc) is 3.06. The van der Waals surface area contributed by atoms with E-state index in [1.807, 2.05) is 38.1 Å². The Morgan fingerprint density at radius 2 is 1.69 bits per heavy atom. The van der Waals surface area contributed by atoms with Gasteiger partial charge in [-0.1, -0.05) is 37.3 Å². The predicted molar refractivity (Wildman–Crippen MR) is 116 cm³/mol. The first-order valence-corrected chi connectivity index (χ1v) is 11.7. The molecule has 0 saturated heterocycles. The fourth-order valence-corrected chi connectivity index (χ4v) is 7.20. The van der Waals surface area contributed by atoms with Crippen molar-refractivity contribution in [3.63, 3.8) is 0 Å². The van der Waals surface area contributed by atoms with Crippen LogP contribution in [0.5, 0.6) is 0 Å². The molecule has 1 atom stereocenters. The normalized spacial score (nSPS) is 31.2. The summed E-state index contributed by atoms with van der Waals surface area (Å²) in [7, 11) is 0. The number of aromatic nitrogens is 1. The molecule has 1 aromatic heterocycles. The summed E-state index contributed by atoms with van der Waals surface area (Å²) in [5.74, 6) is 2.08. The number of para-hydroxylation sites is 1. The standard InChI is InChI=1S/C23H29N3O2S/c1-13(2)19(20(27)26-22-24-17-5-3-4-6-18(17)29-22)25-21(28)23-10-14-7-15(11-23)9-16(8-14)12-23/h3-6,13-16,19H,7-12H2,1-2H3,(H,25,28)(H,24,26,27)/t14?,15?,16?,19-,23?/m1/s1. The summed E-state index contributed by atoms with van der Waals surface area (Å²) in [6, 6.07) is 7.31. The number of nitrogens with one attached hydrogen (secondary N) is 2. The van der Waals surface area contributed by atoms with Crippen molar-refractivity contribution >= 4 is 38.5 Å². The Morgan fingerprint density at radius 1 is 1.07 bits per heavy atom. The molecule has 1 aromatic carbocycles. The first kappa shape index (κ1) is 19.0. The average molecular weight is 412 g/mol. The van der Waals surface area contributed by atoms with Crippen molar-refractivity contribution in [3.8, 4) is 0 Å². The van der Waals surface area contributed by atoms with E-state index in [0.29, 0.717) is 22.9 Å². The van der Waals surface area contributed by atoms with Gasteiger partial charge in [0.05, 0.1) is 10.2 Å². The topological polar surface area (TPSA) is 71.1 Å². The van der Waals surface area contributed by atoms with Crippen LogP contribution in [-0.2, 0) is 9.59 Å². The van der Waals surface area contributed by atoms with Gasteiger partial charge in [-0.2, -0.15) is 0 Å². The van der Waals surface area contributed by atoms with Gasteiger partial charge in [-0.3, -0.25) is 9.59 Å². The minimum Gasteiger partial charge on any atom is -0.344 e. The summed E-state index contributed by atoms with van der Waals surface area (Å²) in [5, 5.41) is 6.69. The van der Waals surface area contributed by atoms with E-state index in [2.05, 4.69) is 15.6 Å². The van der Waals surface area contributed by atoms with Gasteiger partial charge in [-0.25, -0.2) is 4.98 Å². The SMILES string of the molecule is CC(C)[C@@H](NC(=O)C12CC3CC(CC(C3)C1)C2)C(=O)Nc1nc2ccccc2s1. The summed E-state index contributed by atoms with van der Waals surface area (Å²) >= 11 is 1.47. The van der Waals surface area contributed by atoms with Crippen LogP contribution in [0.2, 0.25) is 0 Å². The Balaban J connectivity index is 1.31. The van der Waals surface area contributed by atoms with Crippen LogP contribution in [0.25, 0.3) is 10.2 Å². The van der Waals surface area contributed by atoms with Gasteiger partial charge in [0, 0.05) is 5.41 Å².